The third kappa shape index (κ3) is 4.44. The third-order valence-corrected chi connectivity index (χ3v) is 2.47. The molecule has 0 radical (unpaired) electrons. The highest BCUT2D eigenvalue weighted by molar-refractivity contribution is 5.68. The zero-order chi connectivity index (χ0) is 13.4. The Kier molecular flexibility index (Phi) is 5.69. The number of ether oxygens (including phenoxy) is 1. The lowest BCUT2D eigenvalue weighted by molar-refractivity contribution is -0.140. The van der Waals surface area contributed by atoms with E-state index < -0.39 is 0 Å². The first-order valence-corrected chi connectivity index (χ1v) is 5.79. The molecule has 1 rings (SSSR count). The van der Waals surface area contributed by atoms with Gasteiger partial charge in [0.05, 0.1) is 13.4 Å². The number of aromatic amines is 1. The van der Waals surface area contributed by atoms with Crippen molar-refractivity contribution in [2.24, 2.45) is 0 Å². The van der Waals surface area contributed by atoms with E-state index in [0.717, 1.165) is 19.3 Å². The van der Waals surface area contributed by atoms with Gasteiger partial charge >= 0.3 is 5.97 Å². The molecule has 1 heterocycles. The normalized spacial score (nSPS) is 10.1. The van der Waals surface area contributed by atoms with Gasteiger partial charge in [0.1, 0.15) is 5.69 Å². The van der Waals surface area contributed by atoms with Crippen LogP contribution in [-0.4, -0.2) is 29.6 Å². The Hall–Kier alpha value is -2.05. The van der Waals surface area contributed by atoms with Crippen LogP contribution in [0.4, 0.5) is 11.5 Å². The molecule has 0 atom stereocenters. The average molecular weight is 254 g/mol. The summed E-state index contributed by atoms with van der Waals surface area (Å²) in [5.74, 6) is 0.204. The Bertz CT molecular complexity index is 444. The zero-order valence-electron chi connectivity index (χ0n) is 10.4. The van der Waals surface area contributed by atoms with E-state index in [0.29, 0.717) is 18.8 Å². The van der Waals surface area contributed by atoms with E-state index in [-0.39, 0.29) is 17.2 Å². The molecule has 0 aliphatic heterocycles. The molecule has 0 unspecified atom stereocenters. The fourth-order valence-corrected chi connectivity index (χ4v) is 1.43. The number of aromatic nitrogens is 2. The van der Waals surface area contributed by atoms with Crippen LogP contribution in [0.15, 0.2) is 11.1 Å². The molecule has 0 bridgehead atoms. The molecule has 0 aromatic carbocycles. The topological polar surface area (TPSA) is 110 Å². The van der Waals surface area contributed by atoms with E-state index in [2.05, 4.69) is 20.0 Å². The molecule has 0 spiro atoms. The molecule has 7 nitrogen and oxygen atoms in total. The summed E-state index contributed by atoms with van der Waals surface area (Å²) in [7, 11) is 1.38. The van der Waals surface area contributed by atoms with Crippen molar-refractivity contribution >= 4 is 17.5 Å². The van der Waals surface area contributed by atoms with Crippen LogP contribution < -0.4 is 16.6 Å². The lowest BCUT2D eigenvalue weighted by Crippen LogP contribution is -2.16. The summed E-state index contributed by atoms with van der Waals surface area (Å²) >= 11 is 0. The number of esters is 1. The van der Waals surface area contributed by atoms with E-state index in [1.165, 1.54) is 13.4 Å². The molecule has 0 fully saturated rings. The summed E-state index contributed by atoms with van der Waals surface area (Å²) in [6, 6.07) is 0. The minimum atomic E-state index is -0.349. The number of hydrogen-bond acceptors (Lipinski definition) is 6. The Labute approximate surface area is 105 Å². The molecule has 0 saturated heterocycles. The molecular formula is C11H18N4O3. The second-order valence-electron chi connectivity index (χ2n) is 3.81. The number of carbonyl (C=O) groups is 1. The number of nitrogens with one attached hydrogen (secondary N) is 2. The standard InChI is InChI=1S/C11H18N4O3/c1-18-8(16)5-3-2-4-6-13-10-9(12)11(17)15-7-14-10/h7H,2-6,12H2,1H3,(H2,13,14,15,17). The maximum atomic E-state index is 11.2. The Morgan fingerprint density at radius 3 is 3.00 bits per heavy atom. The molecule has 100 valence electrons. The summed E-state index contributed by atoms with van der Waals surface area (Å²) in [5.41, 5.74) is 5.29. The van der Waals surface area contributed by atoms with Gasteiger partial charge in [0.2, 0.25) is 0 Å². The second-order valence-corrected chi connectivity index (χ2v) is 3.81. The molecular weight excluding hydrogens is 236 g/mol. The van der Waals surface area contributed by atoms with Crippen LogP contribution in [0, 0.1) is 0 Å². The van der Waals surface area contributed by atoms with Crippen molar-refractivity contribution in [1.82, 2.24) is 9.97 Å². The second kappa shape index (κ2) is 7.31. The SMILES string of the molecule is COC(=O)CCCCCNc1nc[nH]c(=O)c1N. The molecule has 4 N–H and O–H groups in total. The Balaban J connectivity index is 2.20. The number of unbranched alkanes of at least 4 members (excludes halogenated alkanes) is 2. The zero-order valence-corrected chi connectivity index (χ0v) is 10.4. The van der Waals surface area contributed by atoms with Crippen molar-refractivity contribution in [2.45, 2.75) is 25.7 Å². The van der Waals surface area contributed by atoms with Gasteiger partial charge in [-0.15, -0.1) is 0 Å². The number of nitrogens with zero attached hydrogens (tertiary/aromatic N) is 1. The first-order valence-electron chi connectivity index (χ1n) is 5.79. The van der Waals surface area contributed by atoms with Crippen molar-refractivity contribution < 1.29 is 9.53 Å². The fourth-order valence-electron chi connectivity index (χ4n) is 1.43. The van der Waals surface area contributed by atoms with Gasteiger partial charge in [0.25, 0.3) is 5.56 Å². The Morgan fingerprint density at radius 2 is 2.28 bits per heavy atom. The van der Waals surface area contributed by atoms with Gasteiger partial charge in [0.15, 0.2) is 5.82 Å². The summed E-state index contributed by atoms with van der Waals surface area (Å²) < 4.78 is 4.54. The number of nitrogen functional groups attached to an aromatic ring is 1. The number of rotatable bonds is 7. The number of hydrogen-bond donors (Lipinski definition) is 3. The average Bonchev–Trinajstić information content (AvgIpc) is 2.38. The summed E-state index contributed by atoms with van der Waals surface area (Å²) in [4.78, 5) is 28.3. The van der Waals surface area contributed by atoms with Crippen LogP contribution in [0.25, 0.3) is 0 Å². The van der Waals surface area contributed by atoms with E-state index >= 15 is 0 Å². The lowest BCUT2D eigenvalue weighted by atomic mass is 10.2. The highest BCUT2D eigenvalue weighted by Gasteiger charge is 2.03. The van der Waals surface area contributed by atoms with Crippen LogP contribution in [0.3, 0.4) is 0 Å². The van der Waals surface area contributed by atoms with Gasteiger partial charge in [-0.1, -0.05) is 6.42 Å². The maximum absolute atomic E-state index is 11.2. The van der Waals surface area contributed by atoms with Gasteiger partial charge in [-0.3, -0.25) is 9.59 Å². The Morgan fingerprint density at radius 1 is 1.50 bits per heavy atom. The predicted octanol–water partition coefficient (Wildman–Crippen LogP) is 0.497. The minimum Gasteiger partial charge on any atom is -0.469 e. The number of H-pyrrole nitrogens is 1. The molecule has 7 heteroatoms. The molecule has 0 amide bonds. The van der Waals surface area contributed by atoms with Gasteiger partial charge in [0, 0.05) is 13.0 Å². The van der Waals surface area contributed by atoms with Crippen molar-refractivity contribution in [3.05, 3.63) is 16.7 Å². The van der Waals surface area contributed by atoms with Crippen molar-refractivity contribution in [3.8, 4) is 0 Å². The van der Waals surface area contributed by atoms with Gasteiger partial charge in [-0.05, 0) is 12.8 Å². The number of anilines is 2. The predicted molar refractivity (Wildman–Crippen MR) is 68.2 cm³/mol. The van der Waals surface area contributed by atoms with E-state index in [4.69, 9.17) is 5.73 Å². The van der Waals surface area contributed by atoms with Gasteiger partial charge in [-0.25, -0.2) is 4.98 Å². The third-order valence-electron chi connectivity index (χ3n) is 2.47. The number of nitrogens with two attached hydrogens (primary N) is 1. The molecule has 1 aromatic heterocycles. The van der Waals surface area contributed by atoms with Crippen LogP contribution in [-0.2, 0) is 9.53 Å². The number of methoxy groups -OCH3 is 1. The molecule has 0 saturated carbocycles. The van der Waals surface area contributed by atoms with Crippen LogP contribution in [0.1, 0.15) is 25.7 Å². The quantitative estimate of drug-likeness (QED) is 0.482. The van der Waals surface area contributed by atoms with Gasteiger partial charge in [-0.2, -0.15) is 0 Å². The molecule has 0 aliphatic carbocycles. The monoisotopic (exact) mass is 254 g/mol. The summed E-state index contributed by atoms with van der Waals surface area (Å²) in [6.45, 7) is 0.655. The van der Waals surface area contributed by atoms with Crippen LogP contribution in [0.2, 0.25) is 0 Å². The summed E-state index contributed by atoms with van der Waals surface area (Å²) in [6.07, 6.45) is 4.28. The highest BCUT2D eigenvalue weighted by Crippen LogP contribution is 2.08. The largest absolute Gasteiger partial charge is 0.469 e. The van der Waals surface area contributed by atoms with Crippen molar-refractivity contribution in [3.63, 3.8) is 0 Å². The molecule has 0 aliphatic rings. The van der Waals surface area contributed by atoms with Crippen LogP contribution in [0.5, 0.6) is 0 Å². The van der Waals surface area contributed by atoms with E-state index in [1.54, 1.807) is 0 Å². The number of carbonyl (C=O) groups excluding carboxylic acids is 1. The first kappa shape index (κ1) is 14.0. The smallest absolute Gasteiger partial charge is 0.305 e. The summed E-state index contributed by atoms with van der Waals surface area (Å²) in [5, 5.41) is 2.98. The highest BCUT2D eigenvalue weighted by atomic mass is 16.5. The van der Waals surface area contributed by atoms with Crippen molar-refractivity contribution in [2.75, 3.05) is 24.7 Å². The van der Waals surface area contributed by atoms with Gasteiger partial charge < -0.3 is 20.8 Å². The minimum absolute atomic E-state index is 0.0899. The fraction of sp³-hybridized carbons (Fsp3) is 0.545. The van der Waals surface area contributed by atoms with E-state index in [9.17, 15) is 9.59 Å². The lowest BCUT2D eigenvalue weighted by Gasteiger charge is -2.06. The van der Waals surface area contributed by atoms with Crippen LogP contribution >= 0.6 is 0 Å². The maximum Gasteiger partial charge on any atom is 0.305 e. The molecule has 18 heavy (non-hydrogen) atoms. The first-order chi connectivity index (χ1) is 8.65. The molecule has 1 aromatic rings. The van der Waals surface area contributed by atoms with Crippen molar-refractivity contribution in [1.29, 1.82) is 0 Å². The van der Waals surface area contributed by atoms with E-state index in [1.807, 2.05) is 0 Å².